The fourth-order valence-corrected chi connectivity index (χ4v) is 4.96. The van der Waals surface area contributed by atoms with Gasteiger partial charge in [0.15, 0.2) is 10.8 Å². The van der Waals surface area contributed by atoms with Gasteiger partial charge in [-0.05, 0) is 31.2 Å². The van der Waals surface area contributed by atoms with E-state index >= 15 is 0 Å². The summed E-state index contributed by atoms with van der Waals surface area (Å²) >= 11 is 1.52. The van der Waals surface area contributed by atoms with E-state index in [-0.39, 0.29) is 11.9 Å². The second kappa shape index (κ2) is 7.10. The molecule has 1 unspecified atom stereocenters. The fraction of sp³-hybridized carbons (Fsp3) is 0.400. The van der Waals surface area contributed by atoms with Gasteiger partial charge in [-0.1, -0.05) is 11.3 Å². The van der Waals surface area contributed by atoms with Gasteiger partial charge in [0.1, 0.15) is 4.88 Å². The smallest absolute Gasteiger partial charge is 0.263 e. The van der Waals surface area contributed by atoms with Gasteiger partial charge in [-0.2, -0.15) is 0 Å². The second-order valence-electron chi connectivity index (χ2n) is 7.26. The molecule has 3 aromatic heterocycles. The largest absolute Gasteiger partial charge is 0.351 e. The molecule has 1 amide bonds. The third-order valence-electron chi connectivity index (χ3n) is 5.59. The number of thiazole rings is 1. The minimum Gasteiger partial charge on any atom is -0.351 e. The van der Waals surface area contributed by atoms with Crippen molar-refractivity contribution in [3.63, 3.8) is 0 Å². The summed E-state index contributed by atoms with van der Waals surface area (Å²) in [6.07, 6.45) is 2.62. The van der Waals surface area contributed by atoms with E-state index in [1.807, 2.05) is 12.1 Å². The van der Waals surface area contributed by atoms with Gasteiger partial charge in [0, 0.05) is 56.8 Å². The molecule has 3 aromatic rings. The summed E-state index contributed by atoms with van der Waals surface area (Å²) in [5, 5.41) is 4.94. The highest BCUT2D eigenvalue weighted by molar-refractivity contribution is 7.17. The van der Waals surface area contributed by atoms with Gasteiger partial charge in [-0.3, -0.25) is 9.69 Å². The van der Waals surface area contributed by atoms with Crippen molar-refractivity contribution in [2.24, 2.45) is 0 Å². The number of carbonyl (C=O) groups is 1. The van der Waals surface area contributed by atoms with Crippen LogP contribution in [0.15, 0.2) is 30.5 Å². The van der Waals surface area contributed by atoms with Crippen molar-refractivity contribution in [3.05, 3.63) is 46.7 Å². The first kappa shape index (κ1) is 17.5. The van der Waals surface area contributed by atoms with E-state index in [0.29, 0.717) is 6.54 Å². The van der Waals surface area contributed by atoms with Crippen LogP contribution in [0.5, 0.6) is 0 Å². The van der Waals surface area contributed by atoms with Crippen LogP contribution in [-0.4, -0.2) is 58.5 Å². The van der Waals surface area contributed by atoms with Crippen LogP contribution in [0.25, 0.3) is 11.0 Å². The average molecular weight is 395 g/mol. The summed E-state index contributed by atoms with van der Waals surface area (Å²) in [4.78, 5) is 31.4. The molecule has 0 spiro atoms. The number of carbonyl (C=O) groups excluding carboxylic acids is 1. The van der Waals surface area contributed by atoms with Gasteiger partial charge in [-0.15, -0.1) is 0 Å². The summed E-state index contributed by atoms with van der Waals surface area (Å²) in [7, 11) is 0. The van der Waals surface area contributed by atoms with Crippen molar-refractivity contribution >= 4 is 33.4 Å². The molecule has 1 fully saturated rings. The number of aromatic nitrogens is 3. The Morgan fingerprint density at radius 2 is 2.00 bits per heavy atom. The fourth-order valence-electron chi connectivity index (χ4n) is 3.88. The molecule has 0 aromatic carbocycles. The molecule has 2 aliphatic heterocycles. The molecule has 144 valence electrons. The van der Waals surface area contributed by atoms with Crippen LogP contribution in [0.1, 0.15) is 34.0 Å². The second-order valence-corrected chi connectivity index (χ2v) is 8.24. The van der Waals surface area contributed by atoms with Gasteiger partial charge in [0.05, 0.1) is 11.4 Å². The van der Waals surface area contributed by atoms with Crippen LogP contribution in [0.4, 0.5) is 5.13 Å². The van der Waals surface area contributed by atoms with Crippen molar-refractivity contribution in [2.75, 3.05) is 37.6 Å². The molecule has 7 nitrogen and oxygen atoms in total. The van der Waals surface area contributed by atoms with Gasteiger partial charge in [0.25, 0.3) is 5.91 Å². The lowest BCUT2D eigenvalue weighted by Crippen LogP contribution is -2.47. The van der Waals surface area contributed by atoms with Crippen molar-refractivity contribution in [2.45, 2.75) is 19.4 Å². The lowest BCUT2D eigenvalue weighted by atomic mass is 10.1. The van der Waals surface area contributed by atoms with Crippen LogP contribution in [0, 0.1) is 0 Å². The van der Waals surface area contributed by atoms with Gasteiger partial charge in [0.2, 0.25) is 0 Å². The first-order valence-electron chi connectivity index (χ1n) is 9.67. The Labute approximate surface area is 167 Å². The Balaban J connectivity index is 1.28. The molecule has 0 aliphatic carbocycles. The Bertz CT molecular complexity index is 1030. The normalized spacial score (nSPS) is 18.8. The maximum absolute atomic E-state index is 12.0. The molecule has 0 radical (unpaired) electrons. The molecule has 1 atom stereocenters. The van der Waals surface area contributed by atoms with Gasteiger partial charge in [-0.25, -0.2) is 15.0 Å². The first-order valence-corrected chi connectivity index (χ1v) is 10.5. The average Bonchev–Trinajstić information content (AvgIpc) is 3.19. The topological polar surface area (TPSA) is 74.2 Å². The van der Waals surface area contributed by atoms with Gasteiger partial charge < -0.3 is 10.2 Å². The predicted molar refractivity (Wildman–Crippen MR) is 110 cm³/mol. The summed E-state index contributed by atoms with van der Waals surface area (Å²) in [6.45, 7) is 6.60. The lowest BCUT2D eigenvalue weighted by Gasteiger charge is -2.37. The SMILES string of the molecule is CC(c1ccc2cccnc2n1)N1CCN(c2nc3c(s2)C(=O)NCC3)CC1. The molecule has 0 saturated carbocycles. The third kappa shape index (κ3) is 3.12. The highest BCUT2D eigenvalue weighted by atomic mass is 32.1. The molecule has 5 heterocycles. The van der Waals surface area contributed by atoms with Crippen LogP contribution < -0.4 is 10.2 Å². The maximum atomic E-state index is 12.0. The zero-order valence-electron chi connectivity index (χ0n) is 15.8. The van der Waals surface area contributed by atoms with E-state index in [1.54, 1.807) is 6.20 Å². The molecule has 2 aliphatic rings. The minimum atomic E-state index is 0.0215. The van der Waals surface area contributed by atoms with E-state index in [2.05, 4.69) is 39.2 Å². The van der Waals surface area contributed by atoms with Crippen LogP contribution in [-0.2, 0) is 6.42 Å². The molecule has 28 heavy (non-hydrogen) atoms. The zero-order valence-corrected chi connectivity index (χ0v) is 16.6. The highest BCUT2D eigenvalue weighted by Crippen LogP contribution is 2.30. The summed E-state index contributed by atoms with van der Waals surface area (Å²) in [6, 6.07) is 8.42. The first-order chi connectivity index (χ1) is 13.7. The van der Waals surface area contributed by atoms with Crippen molar-refractivity contribution in [3.8, 4) is 0 Å². The molecular weight excluding hydrogens is 372 g/mol. The Morgan fingerprint density at radius 3 is 2.82 bits per heavy atom. The van der Waals surface area contributed by atoms with Crippen LogP contribution >= 0.6 is 11.3 Å². The molecule has 0 bridgehead atoms. The Kier molecular flexibility index (Phi) is 4.44. The number of anilines is 1. The Morgan fingerprint density at radius 1 is 1.14 bits per heavy atom. The van der Waals surface area contributed by atoms with E-state index in [4.69, 9.17) is 9.97 Å². The molecular formula is C20H22N6OS. The number of rotatable bonds is 3. The number of amides is 1. The number of hydrogen-bond donors (Lipinski definition) is 1. The van der Waals surface area contributed by atoms with E-state index in [9.17, 15) is 4.79 Å². The number of pyridine rings is 2. The number of nitrogens with one attached hydrogen (secondary N) is 1. The van der Waals surface area contributed by atoms with E-state index in [1.165, 1.54) is 11.3 Å². The number of fused-ring (bicyclic) bond motifs is 2. The van der Waals surface area contributed by atoms with Crippen LogP contribution in [0.3, 0.4) is 0 Å². The lowest BCUT2D eigenvalue weighted by molar-refractivity contribution is 0.0950. The van der Waals surface area contributed by atoms with Crippen molar-refractivity contribution < 1.29 is 4.79 Å². The van der Waals surface area contributed by atoms with Crippen LogP contribution in [0.2, 0.25) is 0 Å². The van der Waals surface area contributed by atoms with Crippen molar-refractivity contribution in [1.82, 2.24) is 25.2 Å². The number of hydrogen-bond acceptors (Lipinski definition) is 7. The van der Waals surface area contributed by atoms with E-state index < -0.39 is 0 Å². The maximum Gasteiger partial charge on any atom is 0.263 e. The summed E-state index contributed by atoms with van der Waals surface area (Å²) in [5.74, 6) is 0.0215. The quantitative estimate of drug-likeness (QED) is 0.735. The summed E-state index contributed by atoms with van der Waals surface area (Å²) < 4.78 is 0. The molecule has 1 N–H and O–H groups in total. The monoisotopic (exact) mass is 394 g/mol. The van der Waals surface area contributed by atoms with Gasteiger partial charge >= 0.3 is 0 Å². The molecule has 1 saturated heterocycles. The Hall–Kier alpha value is -2.58. The minimum absolute atomic E-state index is 0.0215. The molecule has 5 rings (SSSR count). The molecule has 8 heteroatoms. The summed E-state index contributed by atoms with van der Waals surface area (Å²) in [5.41, 5.74) is 2.81. The zero-order chi connectivity index (χ0) is 19.1. The third-order valence-corrected chi connectivity index (χ3v) is 6.74. The predicted octanol–water partition coefficient (Wildman–Crippen LogP) is 2.26. The number of piperazine rings is 1. The number of nitrogens with zero attached hydrogens (tertiary/aromatic N) is 5. The van der Waals surface area contributed by atoms with Crippen molar-refractivity contribution in [1.29, 1.82) is 0 Å². The standard InChI is InChI=1S/C20H22N6OS/c1-13(15-5-4-14-3-2-7-21-18(14)23-15)25-9-11-26(12-10-25)20-24-16-6-8-22-19(27)17(16)28-20/h2-5,7,13H,6,8-12H2,1H3,(H,22,27). The van der Waals surface area contributed by atoms with E-state index in [0.717, 1.165) is 65.0 Å². The highest BCUT2D eigenvalue weighted by Gasteiger charge is 2.28.